The minimum Gasteiger partial charge on any atom is -0.329 e. The van der Waals surface area contributed by atoms with Crippen LogP contribution in [0.1, 0.15) is 12.0 Å². The second kappa shape index (κ2) is 6.67. The molecular weight excluding hydrogens is 274 g/mol. The lowest BCUT2D eigenvalue weighted by Crippen LogP contribution is -2.36. The van der Waals surface area contributed by atoms with E-state index < -0.39 is 10.0 Å². The van der Waals surface area contributed by atoms with Gasteiger partial charge in [-0.05, 0) is 32.0 Å². The maximum absolute atomic E-state index is 12.6. The van der Waals surface area contributed by atoms with Crippen LogP contribution in [0.15, 0.2) is 29.2 Å². The average Bonchev–Trinajstić information content (AvgIpc) is 2.66. The van der Waals surface area contributed by atoms with Crippen LogP contribution in [0.25, 0.3) is 0 Å². The van der Waals surface area contributed by atoms with Crippen molar-refractivity contribution in [1.29, 1.82) is 0 Å². The Labute approximate surface area is 121 Å². The molecule has 1 saturated heterocycles. The van der Waals surface area contributed by atoms with Gasteiger partial charge in [-0.1, -0.05) is 17.7 Å². The zero-order valence-electron chi connectivity index (χ0n) is 12.0. The van der Waals surface area contributed by atoms with E-state index in [1.54, 1.807) is 16.4 Å². The molecule has 112 valence electrons. The molecule has 0 bridgehead atoms. The van der Waals surface area contributed by atoms with Crippen molar-refractivity contribution in [3.8, 4) is 0 Å². The summed E-state index contributed by atoms with van der Waals surface area (Å²) in [5.74, 6) is 0. The number of nitrogens with zero attached hydrogens (tertiary/aromatic N) is 2. The Morgan fingerprint density at radius 1 is 1.10 bits per heavy atom. The van der Waals surface area contributed by atoms with Crippen LogP contribution in [0, 0.1) is 6.92 Å². The molecule has 0 aromatic heterocycles. The van der Waals surface area contributed by atoms with Gasteiger partial charge in [0.2, 0.25) is 10.0 Å². The molecule has 1 aliphatic heterocycles. The fourth-order valence-corrected chi connectivity index (χ4v) is 3.92. The highest BCUT2D eigenvalue weighted by Crippen LogP contribution is 2.18. The fraction of sp³-hybridized carbons (Fsp3) is 0.571. The SMILES string of the molecule is Cc1ccc(S(=O)(=O)N2CCCN(CCN)CC2)cc1. The predicted molar refractivity (Wildman–Crippen MR) is 80.0 cm³/mol. The number of benzene rings is 1. The normalized spacial score (nSPS) is 18.9. The molecule has 6 heteroatoms. The van der Waals surface area contributed by atoms with E-state index in [2.05, 4.69) is 4.90 Å². The van der Waals surface area contributed by atoms with Gasteiger partial charge in [-0.2, -0.15) is 4.31 Å². The van der Waals surface area contributed by atoms with E-state index in [4.69, 9.17) is 5.73 Å². The quantitative estimate of drug-likeness (QED) is 0.886. The van der Waals surface area contributed by atoms with Crippen molar-refractivity contribution in [3.05, 3.63) is 29.8 Å². The molecule has 0 atom stereocenters. The third-order valence-electron chi connectivity index (χ3n) is 3.65. The largest absolute Gasteiger partial charge is 0.329 e. The lowest BCUT2D eigenvalue weighted by Gasteiger charge is -2.21. The van der Waals surface area contributed by atoms with Crippen molar-refractivity contribution < 1.29 is 8.42 Å². The van der Waals surface area contributed by atoms with Crippen LogP contribution in [-0.2, 0) is 10.0 Å². The summed E-state index contributed by atoms with van der Waals surface area (Å²) in [6, 6.07) is 7.05. The van der Waals surface area contributed by atoms with E-state index in [0.717, 1.165) is 31.6 Å². The summed E-state index contributed by atoms with van der Waals surface area (Å²) in [5, 5.41) is 0. The van der Waals surface area contributed by atoms with Crippen LogP contribution in [0.3, 0.4) is 0 Å². The summed E-state index contributed by atoms with van der Waals surface area (Å²) >= 11 is 0. The smallest absolute Gasteiger partial charge is 0.243 e. The fourth-order valence-electron chi connectivity index (χ4n) is 2.45. The van der Waals surface area contributed by atoms with Gasteiger partial charge in [0.25, 0.3) is 0 Å². The van der Waals surface area contributed by atoms with Gasteiger partial charge in [0, 0.05) is 32.7 Å². The van der Waals surface area contributed by atoms with Gasteiger partial charge in [-0.25, -0.2) is 8.42 Å². The molecule has 0 radical (unpaired) electrons. The predicted octanol–water partition coefficient (Wildman–Crippen LogP) is 0.650. The van der Waals surface area contributed by atoms with Crippen LogP contribution in [0.4, 0.5) is 0 Å². The molecule has 0 aliphatic carbocycles. The van der Waals surface area contributed by atoms with E-state index >= 15 is 0 Å². The summed E-state index contributed by atoms with van der Waals surface area (Å²) < 4.78 is 26.8. The lowest BCUT2D eigenvalue weighted by molar-refractivity contribution is 0.294. The second-order valence-corrected chi connectivity index (χ2v) is 7.14. The molecule has 20 heavy (non-hydrogen) atoms. The van der Waals surface area contributed by atoms with Crippen molar-refractivity contribution in [1.82, 2.24) is 9.21 Å². The Morgan fingerprint density at radius 2 is 1.80 bits per heavy atom. The Hall–Kier alpha value is -0.950. The Kier molecular flexibility index (Phi) is 5.15. The van der Waals surface area contributed by atoms with Gasteiger partial charge in [-0.3, -0.25) is 0 Å². The minimum absolute atomic E-state index is 0.385. The molecule has 1 aliphatic rings. The zero-order chi connectivity index (χ0) is 14.6. The minimum atomic E-state index is -3.37. The van der Waals surface area contributed by atoms with Crippen molar-refractivity contribution in [2.45, 2.75) is 18.2 Å². The van der Waals surface area contributed by atoms with Gasteiger partial charge >= 0.3 is 0 Å². The summed E-state index contributed by atoms with van der Waals surface area (Å²) in [5.41, 5.74) is 6.63. The molecule has 1 aromatic rings. The summed E-state index contributed by atoms with van der Waals surface area (Å²) in [4.78, 5) is 2.61. The van der Waals surface area contributed by atoms with Crippen LogP contribution < -0.4 is 5.73 Å². The topological polar surface area (TPSA) is 66.6 Å². The number of hydrogen-bond donors (Lipinski definition) is 1. The highest BCUT2D eigenvalue weighted by atomic mass is 32.2. The zero-order valence-corrected chi connectivity index (χ0v) is 12.8. The molecule has 5 nitrogen and oxygen atoms in total. The number of sulfonamides is 1. The third kappa shape index (κ3) is 3.58. The van der Waals surface area contributed by atoms with Crippen molar-refractivity contribution in [2.24, 2.45) is 5.73 Å². The third-order valence-corrected chi connectivity index (χ3v) is 5.56. The molecule has 0 spiro atoms. The summed E-state index contributed by atoms with van der Waals surface area (Å²) in [6.45, 7) is 6.18. The van der Waals surface area contributed by atoms with E-state index in [1.165, 1.54) is 0 Å². The van der Waals surface area contributed by atoms with E-state index in [0.29, 0.717) is 24.5 Å². The molecule has 2 rings (SSSR count). The van der Waals surface area contributed by atoms with E-state index in [-0.39, 0.29) is 0 Å². The molecule has 1 aromatic carbocycles. The molecular formula is C14H23N3O2S. The van der Waals surface area contributed by atoms with Gasteiger partial charge in [0.05, 0.1) is 4.90 Å². The van der Waals surface area contributed by atoms with Crippen molar-refractivity contribution in [2.75, 3.05) is 39.3 Å². The van der Waals surface area contributed by atoms with Crippen LogP contribution in [0.2, 0.25) is 0 Å². The number of hydrogen-bond acceptors (Lipinski definition) is 4. The van der Waals surface area contributed by atoms with Gasteiger partial charge < -0.3 is 10.6 Å². The molecule has 2 N–H and O–H groups in total. The molecule has 0 unspecified atom stereocenters. The first-order chi connectivity index (χ1) is 9.54. The van der Waals surface area contributed by atoms with Crippen LogP contribution >= 0.6 is 0 Å². The summed E-state index contributed by atoms with van der Waals surface area (Å²) in [7, 11) is -3.37. The molecule has 0 saturated carbocycles. The Morgan fingerprint density at radius 3 is 2.45 bits per heavy atom. The monoisotopic (exact) mass is 297 g/mol. The number of aryl methyl sites for hydroxylation is 1. The van der Waals surface area contributed by atoms with Gasteiger partial charge in [0.1, 0.15) is 0 Å². The number of nitrogens with two attached hydrogens (primary N) is 1. The van der Waals surface area contributed by atoms with E-state index in [1.807, 2.05) is 19.1 Å². The van der Waals surface area contributed by atoms with Crippen LogP contribution in [0.5, 0.6) is 0 Å². The maximum atomic E-state index is 12.6. The van der Waals surface area contributed by atoms with Crippen LogP contribution in [-0.4, -0.2) is 56.9 Å². The second-order valence-electron chi connectivity index (χ2n) is 5.20. The van der Waals surface area contributed by atoms with Crippen molar-refractivity contribution >= 4 is 10.0 Å². The van der Waals surface area contributed by atoms with Gasteiger partial charge in [-0.15, -0.1) is 0 Å². The standard InChI is InChI=1S/C14H23N3O2S/c1-13-3-5-14(6-4-13)20(18,19)17-9-2-8-16(10-7-15)11-12-17/h3-6H,2,7-12,15H2,1H3. The Bertz CT molecular complexity index is 528. The van der Waals surface area contributed by atoms with E-state index in [9.17, 15) is 8.42 Å². The maximum Gasteiger partial charge on any atom is 0.243 e. The first-order valence-electron chi connectivity index (χ1n) is 7.03. The highest BCUT2D eigenvalue weighted by molar-refractivity contribution is 7.89. The number of rotatable bonds is 4. The van der Waals surface area contributed by atoms with Crippen molar-refractivity contribution in [3.63, 3.8) is 0 Å². The molecule has 1 fully saturated rings. The molecule has 1 heterocycles. The first kappa shape index (κ1) is 15.4. The average molecular weight is 297 g/mol. The first-order valence-corrected chi connectivity index (χ1v) is 8.47. The van der Waals surface area contributed by atoms with Gasteiger partial charge in [0.15, 0.2) is 0 Å². The molecule has 0 amide bonds. The Balaban J connectivity index is 2.11. The summed E-state index contributed by atoms with van der Waals surface area (Å²) in [6.07, 6.45) is 0.852. The highest BCUT2D eigenvalue weighted by Gasteiger charge is 2.26. The lowest BCUT2D eigenvalue weighted by atomic mass is 10.2.